The van der Waals surface area contributed by atoms with Gasteiger partial charge in [0, 0.05) is 6.07 Å². The van der Waals surface area contributed by atoms with E-state index >= 15 is 0 Å². The highest BCUT2D eigenvalue weighted by Gasteiger charge is 2.15. The Morgan fingerprint density at radius 1 is 1.44 bits per heavy atom. The second-order valence-corrected chi connectivity index (χ2v) is 5.23. The van der Waals surface area contributed by atoms with Gasteiger partial charge in [-0.2, -0.15) is 0 Å². The van der Waals surface area contributed by atoms with Gasteiger partial charge < -0.3 is 9.63 Å². The van der Waals surface area contributed by atoms with Gasteiger partial charge in [0.25, 0.3) is 0 Å². The SMILES string of the molecule is O=C(O)c1cc(CS(=O)c2ccccc2Cl)on1. The van der Waals surface area contributed by atoms with E-state index in [4.69, 9.17) is 21.2 Å². The molecule has 0 saturated heterocycles. The third kappa shape index (κ3) is 2.77. The minimum atomic E-state index is -1.40. The lowest BCUT2D eigenvalue weighted by Crippen LogP contribution is -1.97. The molecule has 1 N–H and O–H groups in total. The molecule has 1 atom stereocenters. The van der Waals surface area contributed by atoms with E-state index in [-0.39, 0.29) is 17.2 Å². The van der Waals surface area contributed by atoms with Crippen molar-refractivity contribution in [2.24, 2.45) is 0 Å². The van der Waals surface area contributed by atoms with E-state index in [0.717, 1.165) is 0 Å². The van der Waals surface area contributed by atoms with Crippen molar-refractivity contribution >= 4 is 28.4 Å². The van der Waals surface area contributed by atoms with Crippen LogP contribution in [0.1, 0.15) is 16.2 Å². The number of rotatable bonds is 4. The van der Waals surface area contributed by atoms with Gasteiger partial charge in [-0.25, -0.2) is 4.79 Å². The van der Waals surface area contributed by atoms with Gasteiger partial charge in [0.05, 0.1) is 26.5 Å². The van der Waals surface area contributed by atoms with E-state index in [1.807, 2.05) is 0 Å². The fourth-order valence-corrected chi connectivity index (χ4v) is 2.78. The van der Waals surface area contributed by atoms with Crippen LogP contribution < -0.4 is 0 Å². The van der Waals surface area contributed by atoms with Gasteiger partial charge in [0.1, 0.15) is 5.76 Å². The minimum absolute atomic E-state index is 0.0318. The number of nitrogens with zero attached hydrogens (tertiary/aromatic N) is 1. The molecule has 0 bridgehead atoms. The molecule has 0 saturated carbocycles. The molecule has 1 heterocycles. The van der Waals surface area contributed by atoms with Gasteiger partial charge >= 0.3 is 5.97 Å². The monoisotopic (exact) mass is 285 g/mol. The molecular weight excluding hydrogens is 278 g/mol. The summed E-state index contributed by atoms with van der Waals surface area (Å²) in [4.78, 5) is 11.1. The van der Waals surface area contributed by atoms with Crippen LogP contribution in [0, 0.1) is 0 Å². The van der Waals surface area contributed by atoms with Gasteiger partial charge in [-0.05, 0) is 12.1 Å². The Kier molecular flexibility index (Phi) is 3.78. The number of hydrogen-bond acceptors (Lipinski definition) is 4. The van der Waals surface area contributed by atoms with Crippen molar-refractivity contribution in [1.82, 2.24) is 5.16 Å². The minimum Gasteiger partial charge on any atom is -0.476 e. The van der Waals surface area contributed by atoms with Gasteiger partial charge in [-0.1, -0.05) is 28.9 Å². The fourth-order valence-electron chi connectivity index (χ4n) is 1.32. The highest BCUT2D eigenvalue weighted by Crippen LogP contribution is 2.21. The smallest absolute Gasteiger partial charge is 0.358 e. The lowest BCUT2D eigenvalue weighted by molar-refractivity contribution is 0.0685. The first kappa shape index (κ1) is 12.8. The van der Waals surface area contributed by atoms with Crippen LogP contribution in [0.25, 0.3) is 0 Å². The lowest BCUT2D eigenvalue weighted by atomic mass is 10.4. The van der Waals surface area contributed by atoms with Crippen molar-refractivity contribution in [2.45, 2.75) is 10.6 Å². The molecule has 2 rings (SSSR count). The Morgan fingerprint density at radius 3 is 2.78 bits per heavy atom. The quantitative estimate of drug-likeness (QED) is 0.932. The Labute approximate surface area is 110 Å². The zero-order valence-electron chi connectivity index (χ0n) is 9.00. The van der Waals surface area contributed by atoms with Gasteiger partial charge in [0.2, 0.25) is 0 Å². The highest BCUT2D eigenvalue weighted by atomic mass is 35.5. The first-order chi connectivity index (χ1) is 8.58. The molecule has 0 aliphatic carbocycles. The third-order valence-electron chi connectivity index (χ3n) is 2.13. The van der Waals surface area contributed by atoms with Gasteiger partial charge in [0.15, 0.2) is 5.69 Å². The molecule has 0 aliphatic rings. The summed E-state index contributed by atoms with van der Waals surface area (Å²) < 4.78 is 16.8. The predicted molar refractivity (Wildman–Crippen MR) is 65.0 cm³/mol. The largest absolute Gasteiger partial charge is 0.476 e. The molecule has 0 spiro atoms. The van der Waals surface area contributed by atoms with E-state index in [1.54, 1.807) is 24.3 Å². The molecule has 5 nitrogen and oxygen atoms in total. The lowest BCUT2D eigenvalue weighted by Gasteiger charge is -2.01. The van der Waals surface area contributed by atoms with E-state index in [1.165, 1.54) is 6.07 Å². The fraction of sp³-hybridized carbons (Fsp3) is 0.0909. The summed E-state index contributed by atoms with van der Waals surface area (Å²) in [6, 6.07) is 7.99. The summed E-state index contributed by atoms with van der Waals surface area (Å²) in [5.74, 6) is -0.913. The summed E-state index contributed by atoms with van der Waals surface area (Å²) in [6.07, 6.45) is 0. The van der Waals surface area contributed by atoms with Crippen LogP contribution in [0.2, 0.25) is 5.02 Å². The molecule has 0 aliphatic heterocycles. The standard InChI is InChI=1S/C11H8ClNO4S/c12-8-3-1-2-4-10(8)18(16)6-7-5-9(11(14)15)13-17-7/h1-5H,6H2,(H,14,15). The zero-order valence-corrected chi connectivity index (χ0v) is 10.6. The molecule has 0 amide bonds. The number of benzene rings is 1. The summed E-state index contributed by atoms with van der Waals surface area (Å²) in [6.45, 7) is 0. The number of carbonyl (C=O) groups is 1. The van der Waals surface area contributed by atoms with Crippen molar-refractivity contribution in [3.63, 3.8) is 0 Å². The first-order valence-corrected chi connectivity index (χ1v) is 6.59. The number of carboxylic acid groups (broad SMARTS) is 1. The third-order valence-corrected chi connectivity index (χ3v) is 3.97. The van der Waals surface area contributed by atoms with Crippen molar-refractivity contribution in [3.05, 3.63) is 46.8 Å². The average Bonchev–Trinajstić information content (AvgIpc) is 2.78. The maximum atomic E-state index is 12.0. The molecule has 0 radical (unpaired) electrons. The van der Waals surface area contributed by atoms with Crippen molar-refractivity contribution in [2.75, 3.05) is 0 Å². The number of aromatic nitrogens is 1. The Hall–Kier alpha value is -1.66. The topological polar surface area (TPSA) is 80.4 Å². The Balaban J connectivity index is 2.16. The Bertz CT molecular complexity index is 611. The van der Waals surface area contributed by atoms with E-state index in [9.17, 15) is 9.00 Å². The molecular formula is C11H8ClNO4S. The van der Waals surface area contributed by atoms with Crippen molar-refractivity contribution in [3.8, 4) is 0 Å². The van der Waals surface area contributed by atoms with Crippen LogP contribution >= 0.6 is 11.6 Å². The van der Waals surface area contributed by atoms with Gasteiger partial charge in [-0.3, -0.25) is 4.21 Å². The number of aromatic carboxylic acids is 1. The molecule has 7 heteroatoms. The van der Waals surface area contributed by atoms with E-state index < -0.39 is 16.8 Å². The maximum Gasteiger partial charge on any atom is 0.358 e. The van der Waals surface area contributed by atoms with Crippen LogP contribution in [-0.4, -0.2) is 20.4 Å². The van der Waals surface area contributed by atoms with Gasteiger partial charge in [-0.15, -0.1) is 0 Å². The second kappa shape index (κ2) is 5.32. The molecule has 2 aromatic rings. The molecule has 1 unspecified atom stereocenters. The molecule has 1 aromatic heterocycles. The maximum absolute atomic E-state index is 12.0. The van der Waals surface area contributed by atoms with Crippen LogP contribution in [0.15, 0.2) is 39.8 Å². The van der Waals surface area contributed by atoms with Crippen LogP contribution in [0.3, 0.4) is 0 Å². The Morgan fingerprint density at radius 2 is 2.17 bits per heavy atom. The summed E-state index contributed by atoms with van der Waals surface area (Å²) in [5, 5.41) is 12.4. The molecule has 18 heavy (non-hydrogen) atoms. The second-order valence-electron chi connectivity index (χ2n) is 3.40. The van der Waals surface area contributed by atoms with E-state index in [2.05, 4.69) is 5.16 Å². The normalized spacial score (nSPS) is 12.3. The molecule has 1 aromatic carbocycles. The summed E-state index contributed by atoms with van der Waals surface area (Å²) in [7, 11) is -1.40. The highest BCUT2D eigenvalue weighted by molar-refractivity contribution is 7.84. The molecule has 0 fully saturated rings. The average molecular weight is 286 g/mol. The van der Waals surface area contributed by atoms with Crippen molar-refractivity contribution < 1.29 is 18.6 Å². The van der Waals surface area contributed by atoms with E-state index in [0.29, 0.717) is 9.92 Å². The predicted octanol–water partition coefficient (Wildman–Crippen LogP) is 2.33. The summed E-state index contributed by atoms with van der Waals surface area (Å²) >= 11 is 5.91. The van der Waals surface area contributed by atoms with Crippen LogP contribution in [-0.2, 0) is 16.6 Å². The zero-order chi connectivity index (χ0) is 13.1. The first-order valence-electron chi connectivity index (χ1n) is 4.89. The molecule has 94 valence electrons. The number of carboxylic acids is 1. The number of halogens is 1. The number of hydrogen-bond donors (Lipinski definition) is 1. The van der Waals surface area contributed by atoms with Crippen LogP contribution in [0.5, 0.6) is 0 Å². The van der Waals surface area contributed by atoms with Crippen molar-refractivity contribution in [1.29, 1.82) is 0 Å². The summed E-state index contributed by atoms with van der Waals surface area (Å²) in [5.41, 5.74) is -0.207. The van der Waals surface area contributed by atoms with Crippen LogP contribution in [0.4, 0.5) is 0 Å².